The highest BCUT2D eigenvalue weighted by molar-refractivity contribution is 6.31. The number of carbonyl (C=O) groups excluding carboxylic acids is 1. The van der Waals surface area contributed by atoms with Gasteiger partial charge in [0.05, 0.1) is 23.1 Å². The van der Waals surface area contributed by atoms with E-state index in [1.165, 1.54) is 0 Å². The largest absolute Gasteiger partial charge is 0.349 e. The number of hydrogen-bond acceptors (Lipinski definition) is 3. The fourth-order valence-electron chi connectivity index (χ4n) is 3.73. The molecule has 146 valence electrons. The minimum Gasteiger partial charge on any atom is -0.349 e. The van der Waals surface area contributed by atoms with Crippen LogP contribution in [0.1, 0.15) is 66.1 Å². The number of amides is 1. The highest BCUT2D eigenvalue weighted by atomic mass is 35.5. The second-order valence-corrected chi connectivity index (χ2v) is 8.06. The van der Waals surface area contributed by atoms with Crippen molar-refractivity contribution in [1.82, 2.24) is 15.1 Å². The third-order valence-electron chi connectivity index (χ3n) is 5.52. The molecule has 2 aromatic rings. The average Bonchev–Trinajstić information content (AvgIpc) is 3.37. The third kappa shape index (κ3) is 4.31. The fraction of sp³-hybridized carbons (Fsp3) is 0.500. The zero-order chi connectivity index (χ0) is 18.3. The van der Waals surface area contributed by atoms with E-state index >= 15 is 0 Å². The molecule has 0 bridgehead atoms. The summed E-state index contributed by atoms with van der Waals surface area (Å²) in [4.78, 5) is 12.9. The van der Waals surface area contributed by atoms with E-state index in [2.05, 4.69) is 10.4 Å². The number of carbonyl (C=O) groups is 1. The number of aromatic nitrogens is 2. The molecule has 0 saturated heterocycles. The molecule has 2 aliphatic carbocycles. The van der Waals surface area contributed by atoms with E-state index in [1.807, 2.05) is 29.8 Å². The van der Waals surface area contributed by atoms with Crippen molar-refractivity contribution in [2.45, 2.75) is 63.5 Å². The first kappa shape index (κ1) is 20.2. The van der Waals surface area contributed by atoms with Gasteiger partial charge in [-0.3, -0.25) is 4.79 Å². The van der Waals surface area contributed by atoms with Gasteiger partial charge in [-0.15, -0.1) is 12.4 Å². The van der Waals surface area contributed by atoms with Crippen LogP contribution in [0.2, 0.25) is 5.02 Å². The van der Waals surface area contributed by atoms with Crippen LogP contribution >= 0.6 is 24.0 Å². The van der Waals surface area contributed by atoms with E-state index in [1.54, 1.807) is 6.20 Å². The molecule has 1 aromatic carbocycles. The Hall–Kier alpha value is -1.56. The summed E-state index contributed by atoms with van der Waals surface area (Å²) in [5, 5.41) is 8.42. The molecule has 27 heavy (non-hydrogen) atoms. The smallest absolute Gasteiger partial charge is 0.255 e. The van der Waals surface area contributed by atoms with Crippen molar-refractivity contribution in [3.63, 3.8) is 0 Å². The van der Waals surface area contributed by atoms with Crippen LogP contribution in [0.15, 0.2) is 24.4 Å². The number of nitrogens with one attached hydrogen (secondary N) is 1. The summed E-state index contributed by atoms with van der Waals surface area (Å²) in [6.07, 6.45) is 7.75. The van der Waals surface area contributed by atoms with Crippen LogP contribution in [0.4, 0.5) is 0 Å². The highest BCUT2D eigenvalue weighted by Gasteiger charge is 2.33. The van der Waals surface area contributed by atoms with E-state index in [-0.39, 0.29) is 30.4 Å². The standard InChI is InChI=1S/C20H25ClN4O.ClH/c1-12-2-9-16(10-18(12)21)25-19(13-3-4-13)17(11-23-25)20(26)24-15-7-5-14(22)6-8-15;/h2,9-11,13-15H,3-8,22H2,1H3,(H,24,26);1H. The lowest BCUT2D eigenvalue weighted by Gasteiger charge is -2.26. The van der Waals surface area contributed by atoms with Crippen molar-refractivity contribution < 1.29 is 4.79 Å². The molecule has 7 heteroatoms. The predicted octanol–water partition coefficient (Wildman–Crippen LogP) is 4.13. The lowest BCUT2D eigenvalue weighted by Crippen LogP contribution is -2.40. The van der Waals surface area contributed by atoms with Crippen molar-refractivity contribution in [3.05, 3.63) is 46.2 Å². The maximum atomic E-state index is 12.9. The first-order valence-corrected chi connectivity index (χ1v) is 9.81. The topological polar surface area (TPSA) is 72.9 Å². The Morgan fingerprint density at radius 1 is 1.22 bits per heavy atom. The number of nitrogens with zero attached hydrogens (tertiary/aromatic N) is 2. The second kappa shape index (κ2) is 8.21. The SMILES string of the molecule is Cc1ccc(-n2ncc(C(=O)NC3CCC(N)CC3)c2C2CC2)cc1Cl.Cl. The molecular weight excluding hydrogens is 383 g/mol. The van der Waals surface area contributed by atoms with Crippen LogP contribution in [-0.4, -0.2) is 27.8 Å². The minimum atomic E-state index is -0.0168. The van der Waals surface area contributed by atoms with E-state index in [0.29, 0.717) is 16.5 Å². The Labute approximate surface area is 171 Å². The second-order valence-electron chi connectivity index (χ2n) is 7.65. The molecule has 0 aliphatic heterocycles. The van der Waals surface area contributed by atoms with Crippen LogP contribution in [0, 0.1) is 6.92 Å². The van der Waals surface area contributed by atoms with Gasteiger partial charge in [0.1, 0.15) is 0 Å². The molecule has 2 saturated carbocycles. The molecule has 0 atom stereocenters. The summed E-state index contributed by atoms with van der Waals surface area (Å²) in [6.45, 7) is 1.98. The van der Waals surface area contributed by atoms with Crippen molar-refractivity contribution in [2.75, 3.05) is 0 Å². The van der Waals surface area contributed by atoms with Gasteiger partial charge in [0.25, 0.3) is 5.91 Å². The van der Waals surface area contributed by atoms with Crippen LogP contribution < -0.4 is 11.1 Å². The first-order chi connectivity index (χ1) is 12.5. The third-order valence-corrected chi connectivity index (χ3v) is 5.93. The molecule has 1 amide bonds. The van der Waals surface area contributed by atoms with Crippen LogP contribution in [0.25, 0.3) is 5.69 Å². The summed E-state index contributed by atoms with van der Waals surface area (Å²) in [6, 6.07) is 6.40. The lowest BCUT2D eigenvalue weighted by atomic mass is 9.91. The van der Waals surface area contributed by atoms with Crippen LogP contribution in [-0.2, 0) is 0 Å². The lowest BCUT2D eigenvalue weighted by molar-refractivity contribution is 0.0925. The summed E-state index contributed by atoms with van der Waals surface area (Å²) in [5.74, 6) is 0.384. The first-order valence-electron chi connectivity index (χ1n) is 9.44. The number of halogens is 2. The number of aryl methyl sites for hydroxylation is 1. The normalized spacial score (nSPS) is 22.2. The average molecular weight is 409 g/mol. The van der Waals surface area contributed by atoms with Crippen LogP contribution in [0.3, 0.4) is 0 Å². The molecule has 5 nitrogen and oxygen atoms in total. The van der Waals surface area contributed by atoms with Crippen molar-refractivity contribution in [2.24, 2.45) is 5.73 Å². The van der Waals surface area contributed by atoms with Gasteiger partial charge >= 0.3 is 0 Å². The monoisotopic (exact) mass is 408 g/mol. The molecule has 1 heterocycles. The summed E-state index contributed by atoms with van der Waals surface area (Å²) in [5.41, 5.74) is 9.61. The minimum absolute atomic E-state index is 0. The van der Waals surface area contributed by atoms with Crippen LogP contribution in [0.5, 0.6) is 0 Å². The molecule has 0 spiro atoms. The van der Waals surface area contributed by atoms with Gasteiger partial charge < -0.3 is 11.1 Å². The molecule has 0 unspecified atom stereocenters. The van der Waals surface area contributed by atoms with Crippen molar-refractivity contribution in [3.8, 4) is 5.69 Å². The number of rotatable bonds is 4. The molecule has 3 N–H and O–H groups in total. The van der Waals surface area contributed by atoms with Gasteiger partial charge in [0, 0.05) is 23.0 Å². The summed E-state index contributed by atoms with van der Waals surface area (Å²) in [7, 11) is 0. The Morgan fingerprint density at radius 2 is 1.93 bits per heavy atom. The Kier molecular flexibility index (Phi) is 6.14. The van der Waals surface area contributed by atoms with E-state index in [4.69, 9.17) is 17.3 Å². The zero-order valence-electron chi connectivity index (χ0n) is 15.5. The maximum absolute atomic E-state index is 12.9. The Bertz CT molecular complexity index is 823. The van der Waals surface area contributed by atoms with Gasteiger partial charge in [0.2, 0.25) is 0 Å². The van der Waals surface area contributed by atoms with Gasteiger partial charge in [-0.25, -0.2) is 4.68 Å². The van der Waals surface area contributed by atoms with E-state index in [0.717, 1.165) is 55.5 Å². The molecule has 2 aliphatic rings. The van der Waals surface area contributed by atoms with E-state index < -0.39 is 0 Å². The highest BCUT2D eigenvalue weighted by Crippen LogP contribution is 2.42. The summed E-state index contributed by atoms with van der Waals surface area (Å²) < 4.78 is 1.88. The van der Waals surface area contributed by atoms with E-state index in [9.17, 15) is 4.79 Å². The van der Waals surface area contributed by atoms with Gasteiger partial charge in [0.15, 0.2) is 0 Å². The van der Waals surface area contributed by atoms with Gasteiger partial charge in [-0.1, -0.05) is 17.7 Å². The van der Waals surface area contributed by atoms with Crippen molar-refractivity contribution in [1.29, 1.82) is 0 Å². The maximum Gasteiger partial charge on any atom is 0.255 e. The predicted molar refractivity (Wildman–Crippen MR) is 110 cm³/mol. The fourth-order valence-corrected chi connectivity index (χ4v) is 3.90. The zero-order valence-corrected chi connectivity index (χ0v) is 17.0. The van der Waals surface area contributed by atoms with Gasteiger partial charge in [-0.2, -0.15) is 5.10 Å². The molecule has 2 fully saturated rings. The molecule has 4 rings (SSSR count). The molecule has 1 aromatic heterocycles. The molecule has 0 radical (unpaired) electrons. The number of hydrogen-bond donors (Lipinski definition) is 2. The number of benzene rings is 1. The van der Waals surface area contributed by atoms with Gasteiger partial charge in [-0.05, 0) is 63.1 Å². The summed E-state index contributed by atoms with van der Waals surface area (Å²) >= 11 is 6.29. The Morgan fingerprint density at radius 3 is 2.56 bits per heavy atom. The quantitative estimate of drug-likeness (QED) is 0.798. The Balaban J connectivity index is 0.00000210. The number of nitrogens with two attached hydrogens (primary N) is 1. The molecular formula is C20H26Cl2N4O. The van der Waals surface area contributed by atoms with Crippen molar-refractivity contribution >= 4 is 29.9 Å².